The molecule has 1 N–H and O–H groups in total. The van der Waals surface area contributed by atoms with E-state index in [2.05, 4.69) is 100 Å². The van der Waals surface area contributed by atoms with Crippen molar-refractivity contribution in [1.29, 1.82) is 0 Å². The van der Waals surface area contributed by atoms with Gasteiger partial charge >= 0.3 is 0 Å². The average molecular weight is 440 g/mol. The van der Waals surface area contributed by atoms with Crippen molar-refractivity contribution >= 4 is 5.91 Å². The fourth-order valence-corrected chi connectivity index (χ4v) is 5.41. The highest BCUT2D eigenvalue weighted by molar-refractivity contribution is 5.78. The minimum Gasteiger partial charge on any atom is -0.348 e. The maximum Gasteiger partial charge on any atom is 0.234 e. The van der Waals surface area contributed by atoms with Gasteiger partial charge < -0.3 is 5.32 Å². The highest BCUT2D eigenvalue weighted by Gasteiger charge is 2.28. The van der Waals surface area contributed by atoms with Gasteiger partial charge in [-0.3, -0.25) is 14.6 Å². The van der Waals surface area contributed by atoms with E-state index in [1.807, 2.05) is 0 Å². The van der Waals surface area contributed by atoms with Gasteiger partial charge in [-0.25, -0.2) is 0 Å². The van der Waals surface area contributed by atoms with Gasteiger partial charge in [-0.2, -0.15) is 0 Å². The molecule has 1 atom stereocenters. The molecule has 0 unspecified atom stereocenters. The van der Waals surface area contributed by atoms with Crippen molar-refractivity contribution in [3.63, 3.8) is 0 Å². The van der Waals surface area contributed by atoms with Gasteiger partial charge in [0.25, 0.3) is 0 Å². The number of hydrogen-bond donors (Lipinski definition) is 1. The molecule has 1 amide bonds. The molecule has 2 aliphatic rings. The fourth-order valence-electron chi connectivity index (χ4n) is 5.41. The lowest BCUT2D eigenvalue weighted by Crippen LogP contribution is -2.50. The van der Waals surface area contributed by atoms with Gasteiger partial charge in [0, 0.05) is 26.2 Å². The molecule has 0 aromatic heterocycles. The van der Waals surface area contributed by atoms with Crippen LogP contribution in [-0.4, -0.2) is 48.4 Å². The molecular weight excluding hydrogens is 406 g/mol. The highest BCUT2D eigenvalue weighted by atomic mass is 16.2. The normalized spacial score (nSPS) is 19.2. The second kappa shape index (κ2) is 10.3. The highest BCUT2D eigenvalue weighted by Crippen LogP contribution is 2.30. The maximum atomic E-state index is 12.9. The summed E-state index contributed by atoms with van der Waals surface area (Å²) in [4.78, 5) is 17.7. The first-order chi connectivity index (χ1) is 16.3. The molecule has 1 heterocycles. The first-order valence-electron chi connectivity index (χ1n) is 12.2. The molecule has 1 saturated heterocycles. The molecule has 33 heavy (non-hydrogen) atoms. The van der Waals surface area contributed by atoms with Gasteiger partial charge in [0.05, 0.1) is 18.6 Å². The first kappa shape index (κ1) is 21.9. The van der Waals surface area contributed by atoms with Crippen molar-refractivity contribution in [2.45, 2.75) is 31.3 Å². The summed E-state index contributed by atoms with van der Waals surface area (Å²) in [6.45, 7) is 4.20. The predicted octanol–water partition coefficient (Wildman–Crippen LogP) is 4.59. The molecule has 3 aromatic carbocycles. The zero-order valence-corrected chi connectivity index (χ0v) is 19.2. The summed E-state index contributed by atoms with van der Waals surface area (Å²) in [5.41, 5.74) is 5.34. The second-order valence-electron chi connectivity index (χ2n) is 9.25. The average Bonchev–Trinajstić information content (AvgIpc) is 2.87. The third-order valence-corrected chi connectivity index (χ3v) is 7.07. The van der Waals surface area contributed by atoms with E-state index < -0.39 is 0 Å². The predicted molar refractivity (Wildman–Crippen MR) is 133 cm³/mol. The number of nitrogens with one attached hydrogen (secondary N) is 1. The van der Waals surface area contributed by atoms with Crippen LogP contribution in [-0.2, 0) is 11.2 Å². The zero-order valence-electron chi connectivity index (χ0n) is 19.2. The van der Waals surface area contributed by atoms with Crippen molar-refractivity contribution in [2.24, 2.45) is 0 Å². The number of piperazine rings is 1. The summed E-state index contributed by atoms with van der Waals surface area (Å²) >= 11 is 0. The molecule has 1 aliphatic heterocycles. The SMILES string of the molecule is O=C(CN1CCN(C(c2ccccc2)c2ccccc2)CC1)N[C@H]1CCCc2ccccc21. The molecule has 0 spiro atoms. The number of hydrogen-bond acceptors (Lipinski definition) is 3. The molecule has 1 aliphatic carbocycles. The lowest BCUT2D eigenvalue weighted by atomic mass is 9.88. The van der Waals surface area contributed by atoms with Crippen LogP contribution >= 0.6 is 0 Å². The van der Waals surface area contributed by atoms with Crippen molar-refractivity contribution in [2.75, 3.05) is 32.7 Å². The summed E-state index contributed by atoms with van der Waals surface area (Å²) < 4.78 is 0. The van der Waals surface area contributed by atoms with Gasteiger partial charge in [-0.05, 0) is 41.5 Å². The maximum absolute atomic E-state index is 12.9. The van der Waals surface area contributed by atoms with Crippen molar-refractivity contribution in [3.05, 3.63) is 107 Å². The number of carbonyl (C=O) groups is 1. The Bertz CT molecular complexity index is 1010. The lowest BCUT2D eigenvalue weighted by Gasteiger charge is -2.39. The Hall–Kier alpha value is -2.95. The van der Waals surface area contributed by atoms with Crippen LogP contribution in [0.15, 0.2) is 84.9 Å². The molecule has 170 valence electrons. The standard InChI is InChI=1S/C29H33N3O/c33-28(30-27-17-9-15-23-10-7-8-16-26(23)27)22-31-18-20-32(21-19-31)29(24-11-3-1-4-12-24)25-13-5-2-6-14-25/h1-8,10-14,16,27,29H,9,15,17-22H2,(H,30,33)/t27-/m0/s1. The number of rotatable bonds is 6. The number of carbonyl (C=O) groups excluding carboxylic acids is 1. The van der Waals surface area contributed by atoms with Crippen LogP contribution in [0.25, 0.3) is 0 Å². The van der Waals surface area contributed by atoms with E-state index in [-0.39, 0.29) is 18.0 Å². The summed E-state index contributed by atoms with van der Waals surface area (Å²) in [6, 6.07) is 30.5. The summed E-state index contributed by atoms with van der Waals surface area (Å²) in [5.74, 6) is 0.146. The van der Waals surface area contributed by atoms with Crippen LogP contribution in [0.2, 0.25) is 0 Å². The molecule has 5 rings (SSSR count). The van der Waals surface area contributed by atoms with Crippen LogP contribution in [0.1, 0.15) is 47.2 Å². The summed E-state index contributed by atoms with van der Waals surface area (Å²) in [7, 11) is 0. The van der Waals surface area contributed by atoms with Crippen molar-refractivity contribution in [1.82, 2.24) is 15.1 Å². The molecule has 0 bridgehead atoms. The van der Waals surface area contributed by atoms with E-state index in [1.165, 1.54) is 22.3 Å². The molecule has 0 radical (unpaired) electrons. The number of fused-ring (bicyclic) bond motifs is 1. The van der Waals surface area contributed by atoms with E-state index in [0.717, 1.165) is 45.4 Å². The van der Waals surface area contributed by atoms with Gasteiger partial charge in [-0.1, -0.05) is 84.9 Å². The molecule has 1 fully saturated rings. The fraction of sp³-hybridized carbons (Fsp3) is 0.345. The smallest absolute Gasteiger partial charge is 0.234 e. The molecular formula is C29H33N3O. The van der Waals surface area contributed by atoms with Gasteiger partial charge in [0.1, 0.15) is 0 Å². The second-order valence-corrected chi connectivity index (χ2v) is 9.25. The Labute approximate surface area is 197 Å². The monoisotopic (exact) mass is 439 g/mol. The van der Waals surface area contributed by atoms with E-state index >= 15 is 0 Å². The number of amides is 1. The van der Waals surface area contributed by atoms with Crippen LogP contribution in [0.3, 0.4) is 0 Å². The number of aryl methyl sites for hydroxylation is 1. The number of benzene rings is 3. The molecule has 4 heteroatoms. The third-order valence-electron chi connectivity index (χ3n) is 7.07. The Morgan fingerprint density at radius 2 is 1.42 bits per heavy atom. The van der Waals surface area contributed by atoms with Crippen LogP contribution in [0, 0.1) is 0 Å². The molecule has 3 aromatic rings. The van der Waals surface area contributed by atoms with E-state index in [9.17, 15) is 4.79 Å². The number of nitrogens with zero attached hydrogens (tertiary/aromatic N) is 2. The Morgan fingerprint density at radius 1 is 0.818 bits per heavy atom. The Morgan fingerprint density at radius 3 is 2.09 bits per heavy atom. The molecule has 0 saturated carbocycles. The first-order valence-corrected chi connectivity index (χ1v) is 12.2. The largest absolute Gasteiger partial charge is 0.348 e. The van der Waals surface area contributed by atoms with Crippen LogP contribution in [0.4, 0.5) is 0 Å². The topological polar surface area (TPSA) is 35.6 Å². The Balaban J connectivity index is 1.20. The van der Waals surface area contributed by atoms with Crippen LogP contribution < -0.4 is 5.32 Å². The van der Waals surface area contributed by atoms with E-state index in [1.54, 1.807) is 0 Å². The van der Waals surface area contributed by atoms with Crippen molar-refractivity contribution in [3.8, 4) is 0 Å². The minimum absolute atomic E-state index is 0.146. The molecule has 4 nitrogen and oxygen atoms in total. The quantitative estimate of drug-likeness (QED) is 0.610. The van der Waals surface area contributed by atoms with E-state index in [0.29, 0.717) is 6.54 Å². The summed E-state index contributed by atoms with van der Waals surface area (Å²) in [6.07, 6.45) is 3.29. The van der Waals surface area contributed by atoms with Gasteiger partial charge in [0.2, 0.25) is 5.91 Å². The third kappa shape index (κ3) is 5.18. The van der Waals surface area contributed by atoms with Crippen molar-refractivity contribution < 1.29 is 4.79 Å². The van der Waals surface area contributed by atoms with Gasteiger partial charge in [-0.15, -0.1) is 0 Å². The summed E-state index contributed by atoms with van der Waals surface area (Å²) in [5, 5.41) is 3.31. The van der Waals surface area contributed by atoms with Crippen LogP contribution in [0.5, 0.6) is 0 Å². The van der Waals surface area contributed by atoms with E-state index in [4.69, 9.17) is 0 Å². The van der Waals surface area contributed by atoms with Gasteiger partial charge in [0.15, 0.2) is 0 Å². The lowest BCUT2D eigenvalue weighted by molar-refractivity contribution is -0.123. The minimum atomic E-state index is 0.146. The zero-order chi connectivity index (χ0) is 22.5. The Kier molecular flexibility index (Phi) is 6.84.